The molecule has 5 nitrogen and oxygen atoms in total. The molecule has 0 heterocycles. The highest BCUT2D eigenvalue weighted by Gasteiger charge is 2.20. The standard InChI is InChI=1S/C18H27FN2O3/c1-2-4-13(9-10-22)12-20-18(23)21-14-7-8-17(16(19)11-14)24-15-5-3-6-15/h7-8,11,13,15,22H,2-6,9-10,12H2,1H3,(H2,20,21,23). The van der Waals surface area contributed by atoms with Gasteiger partial charge in [0.2, 0.25) is 0 Å². The Balaban J connectivity index is 1.81. The van der Waals surface area contributed by atoms with Gasteiger partial charge in [-0.2, -0.15) is 0 Å². The van der Waals surface area contributed by atoms with Gasteiger partial charge in [-0.25, -0.2) is 9.18 Å². The van der Waals surface area contributed by atoms with Crippen LogP contribution in [0.5, 0.6) is 5.75 Å². The van der Waals surface area contributed by atoms with Crippen molar-refractivity contribution in [3.63, 3.8) is 0 Å². The van der Waals surface area contributed by atoms with Gasteiger partial charge in [0.05, 0.1) is 6.10 Å². The largest absolute Gasteiger partial charge is 0.487 e. The van der Waals surface area contributed by atoms with Crippen molar-refractivity contribution in [3.05, 3.63) is 24.0 Å². The summed E-state index contributed by atoms with van der Waals surface area (Å²) in [5.41, 5.74) is 0.389. The highest BCUT2D eigenvalue weighted by molar-refractivity contribution is 5.89. The Kier molecular flexibility index (Phi) is 7.31. The van der Waals surface area contributed by atoms with Crippen molar-refractivity contribution in [1.82, 2.24) is 5.32 Å². The summed E-state index contributed by atoms with van der Waals surface area (Å²) in [5, 5.41) is 14.4. The van der Waals surface area contributed by atoms with E-state index in [2.05, 4.69) is 17.6 Å². The first-order valence-corrected chi connectivity index (χ1v) is 8.74. The molecule has 0 aromatic heterocycles. The van der Waals surface area contributed by atoms with E-state index in [1.54, 1.807) is 12.1 Å². The van der Waals surface area contributed by atoms with Gasteiger partial charge in [0.25, 0.3) is 0 Å². The van der Waals surface area contributed by atoms with E-state index in [-0.39, 0.29) is 30.4 Å². The molecule has 1 aromatic carbocycles. The summed E-state index contributed by atoms with van der Waals surface area (Å²) in [6, 6.07) is 4.08. The lowest BCUT2D eigenvalue weighted by Gasteiger charge is -2.26. The Morgan fingerprint density at radius 2 is 2.21 bits per heavy atom. The maximum Gasteiger partial charge on any atom is 0.319 e. The van der Waals surface area contributed by atoms with Crippen molar-refractivity contribution < 1.29 is 19.0 Å². The van der Waals surface area contributed by atoms with Gasteiger partial charge in [0.1, 0.15) is 0 Å². The second-order valence-electron chi connectivity index (χ2n) is 6.32. The van der Waals surface area contributed by atoms with Crippen LogP contribution in [-0.2, 0) is 0 Å². The topological polar surface area (TPSA) is 70.6 Å². The van der Waals surface area contributed by atoms with Crippen molar-refractivity contribution in [2.24, 2.45) is 5.92 Å². The Labute approximate surface area is 142 Å². The van der Waals surface area contributed by atoms with Crippen molar-refractivity contribution in [1.29, 1.82) is 0 Å². The van der Waals surface area contributed by atoms with Gasteiger partial charge in [-0.05, 0) is 50.2 Å². The molecule has 24 heavy (non-hydrogen) atoms. The molecule has 2 amide bonds. The fourth-order valence-corrected chi connectivity index (χ4v) is 2.69. The summed E-state index contributed by atoms with van der Waals surface area (Å²) in [4.78, 5) is 11.9. The van der Waals surface area contributed by atoms with Crippen molar-refractivity contribution in [3.8, 4) is 5.75 Å². The number of ether oxygens (including phenoxy) is 1. The summed E-state index contributed by atoms with van der Waals surface area (Å²) in [6.07, 6.45) is 5.79. The van der Waals surface area contributed by atoms with Gasteiger partial charge in [0.15, 0.2) is 11.6 Å². The number of hydrogen-bond donors (Lipinski definition) is 3. The van der Waals surface area contributed by atoms with Crippen LogP contribution in [0.3, 0.4) is 0 Å². The number of anilines is 1. The molecule has 0 aliphatic heterocycles. The molecule has 134 valence electrons. The molecule has 1 aromatic rings. The summed E-state index contributed by atoms with van der Waals surface area (Å²) in [7, 11) is 0. The summed E-state index contributed by atoms with van der Waals surface area (Å²) in [5.74, 6) is 0.0150. The Hall–Kier alpha value is -1.82. The minimum absolute atomic E-state index is 0.113. The van der Waals surface area contributed by atoms with Crippen LogP contribution in [0.4, 0.5) is 14.9 Å². The molecule has 1 unspecified atom stereocenters. The first kappa shape index (κ1) is 18.5. The predicted octanol–water partition coefficient (Wildman–Crippen LogP) is 3.68. The van der Waals surface area contributed by atoms with Crippen molar-refractivity contribution in [2.75, 3.05) is 18.5 Å². The number of hydrogen-bond acceptors (Lipinski definition) is 3. The smallest absolute Gasteiger partial charge is 0.319 e. The predicted molar refractivity (Wildman–Crippen MR) is 91.8 cm³/mol. The normalized spacial score (nSPS) is 15.5. The summed E-state index contributed by atoms with van der Waals surface area (Å²) >= 11 is 0. The SMILES string of the molecule is CCCC(CCO)CNC(=O)Nc1ccc(OC2CCC2)c(F)c1. The van der Waals surface area contributed by atoms with Crippen LogP contribution >= 0.6 is 0 Å². The zero-order valence-corrected chi connectivity index (χ0v) is 14.2. The molecule has 6 heteroatoms. The van der Waals surface area contributed by atoms with E-state index in [1.807, 2.05) is 0 Å². The first-order chi connectivity index (χ1) is 11.6. The Morgan fingerprint density at radius 3 is 2.79 bits per heavy atom. The molecule has 0 saturated heterocycles. The summed E-state index contributed by atoms with van der Waals surface area (Å²) < 4.78 is 19.6. The number of nitrogens with one attached hydrogen (secondary N) is 2. The van der Waals surface area contributed by atoms with E-state index in [0.29, 0.717) is 18.7 Å². The molecule has 1 aliphatic rings. The maximum atomic E-state index is 14.0. The molecule has 3 N–H and O–H groups in total. The molecule has 1 aliphatic carbocycles. The average molecular weight is 338 g/mol. The number of urea groups is 1. The van der Waals surface area contributed by atoms with Crippen molar-refractivity contribution in [2.45, 2.75) is 51.6 Å². The number of halogens is 1. The molecule has 0 spiro atoms. The maximum absolute atomic E-state index is 14.0. The zero-order chi connectivity index (χ0) is 17.4. The average Bonchev–Trinajstić information content (AvgIpc) is 2.50. The van der Waals surface area contributed by atoms with E-state index in [4.69, 9.17) is 9.84 Å². The lowest BCUT2D eigenvalue weighted by Crippen LogP contribution is -2.33. The van der Waals surface area contributed by atoms with Gasteiger partial charge in [-0.15, -0.1) is 0 Å². The minimum atomic E-state index is -0.469. The number of amides is 2. The van der Waals surface area contributed by atoms with Gasteiger partial charge in [-0.1, -0.05) is 13.3 Å². The number of carbonyl (C=O) groups is 1. The second kappa shape index (κ2) is 9.47. The third-order valence-electron chi connectivity index (χ3n) is 4.32. The molecular formula is C18H27FN2O3. The molecule has 2 rings (SSSR count). The van der Waals surface area contributed by atoms with E-state index < -0.39 is 5.82 Å². The van der Waals surface area contributed by atoms with Gasteiger partial charge in [0, 0.05) is 24.9 Å². The molecular weight excluding hydrogens is 311 g/mol. The monoisotopic (exact) mass is 338 g/mol. The third kappa shape index (κ3) is 5.67. The van der Waals surface area contributed by atoms with E-state index in [1.165, 1.54) is 6.07 Å². The summed E-state index contributed by atoms with van der Waals surface area (Å²) in [6.45, 7) is 2.67. The van der Waals surface area contributed by atoms with Gasteiger partial charge < -0.3 is 20.5 Å². The molecule has 1 atom stereocenters. The number of aliphatic hydroxyl groups excluding tert-OH is 1. The van der Waals surface area contributed by atoms with Gasteiger partial charge in [-0.3, -0.25) is 0 Å². The molecule has 0 radical (unpaired) electrons. The lowest BCUT2D eigenvalue weighted by atomic mass is 9.96. The number of benzene rings is 1. The zero-order valence-electron chi connectivity index (χ0n) is 14.2. The molecule has 1 saturated carbocycles. The number of rotatable bonds is 9. The van der Waals surface area contributed by atoms with Gasteiger partial charge >= 0.3 is 6.03 Å². The molecule has 0 bridgehead atoms. The highest BCUT2D eigenvalue weighted by Crippen LogP contribution is 2.28. The highest BCUT2D eigenvalue weighted by atomic mass is 19.1. The van der Waals surface area contributed by atoms with Crippen molar-refractivity contribution >= 4 is 11.7 Å². The van der Waals surface area contributed by atoms with Crippen LogP contribution in [0.25, 0.3) is 0 Å². The van der Waals surface area contributed by atoms with Crippen LogP contribution in [0.2, 0.25) is 0 Å². The Morgan fingerprint density at radius 1 is 1.42 bits per heavy atom. The number of aliphatic hydroxyl groups is 1. The van der Waals surface area contributed by atoms with Crippen LogP contribution in [0.15, 0.2) is 18.2 Å². The molecule has 1 fully saturated rings. The van der Waals surface area contributed by atoms with E-state index in [9.17, 15) is 9.18 Å². The van der Waals surface area contributed by atoms with E-state index >= 15 is 0 Å². The van der Waals surface area contributed by atoms with Crippen LogP contribution < -0.4 is 15.4 Å². The quantitative estimate of drug-likeness (QED) is 0.643. The van der Waals surface area contributed by atoms with Crippen LogP contribution in [0.1, 0.15) is 45.4 Å². The Bertz CT molecular complexity index is 529. The second-order valence-corrected chi connectivity index (χ2v) is 6.32. The first-order valence-electron chi connectivity index (χ1n) is 8.74. The fraction of sp³-hybridized carbons (Fsp3) is 0.611. The van der Waals surface area contributed by atoms with Crippen LogP contribution in [-0.4, -0.2) is 30.4 Å². The third-order valence-corrected chi connectivity index (χ3v) is 4.32. The lowest BCUT2D eigenvalue weighted by molar-refractivity contribution is 0.115. The van der Waals surface area contributed by atoms with Crippen LogP contribution in [0, 0.1) is 11.7 Å². The van der Waals surface area contributed by atoms with E-state index in [0.717, 1.165) is 32.1 Å². The minimum Gasteiger partial charge on any atom is -0.487 e. The number of carbonyl (C=O) groups excluding carboxylic acids is 1. The fourth-order valence-electron chi connectivity index (χ4n) is 2.69.